The standard InChI is InChI=1S/C23H14N6O2S/c1-12-26-11-17(32-12)19-18(14-4-5-16-13(9-14)3-2-6-24-16)28-20-21(30)15(10-27-22(20)29-19)23-25-7-8-31-23/h2-11H,1H3,(H,27,29,30). The largest absolute Gasteiger partial charge is 0.444 e. The third-order valence-corrected chi connectivity index (χ3v) is 6.02. The molecule has 6 rings (SSSR count). The average molecular weight is 438 g/mol. The molecule has 6 aromatic rings. The number of fused-ring (bicyclic) bond motifs is 2. The van der Waals surface area contributed by atoms with Crippen LogP contribution in [0.25, 0.3) is 55.3 Å². The van der Waals surface area contributed by atoms with Crippen LogP contribution in [-0.4, -0.2) is 29.9 Å². The molecule has 32 heavy (non-hydrogen) atoms. The van der Waals surface area contributed by atoms with Gasteiger partial charge in [-0.2, -0.15) is 0 Å². The lowest BCUT2D eigenvalue weighted by Crippen LogP contribution is -2.10. The minimum Gasteiger partial charge on any atom is -0.444 e. The molecule has 0 saturated carbocycles. The average Bonchev–Trinajstić information content (AvgIpc) is 3.50. The van der Waals surface area contributed by atoms with Crippen LogP contribution in [0.15, 0.2) is 70.6 Å². The first-order valence-electron chi connectivity index (χ1n) is 9.78. The molecule has 5 heterocycles. The van der Waals surface area contributed by atoms with Crippen LogP contribution in [0.5, 0.6) is 0 Å². The number of hydrogen-bond acceptors (Lipinski definition) is 8. The number of H-pyrrole nitrogens is 1. The minimum atomic E-state index is -0.301. The van der Waals surface area contributed by atoms with Gasteiger partial charge in [0, 0.05) is 29.5 Å². The first-order valence-corrected chi connectivity index (χ1v) is 10.6. The van der Waals surface area contributed by atoms with E-state index in [-0.39, 0.29) is 16.8 Å². The van der Waals surface area contributed by atoms with E-state index >= 15 is 0 Å². The smallest absolute Gasteiger partial charge is 0.231 e. The number of hydrogen-bond donors (Lipinski definition) is 1. The summed E-state index contributed by atoms with van der Waals surface area (Å²) >= 11 is 1.52. The Kier molecular flexibility index (Phi) is 4.15. The van der Waals surface area contributed by atoms with Gasteiger partial charge in [-0.25, -0.2) is 19.9 Å². The summed E-state index contributed by atoms with van der Waals surface area (Å²) in [7, 11) is 0. The lowest BCUT2D eigenvalue weighted by molar-refractivity contribution is 0.574. The van der Waals surface area contributed by atoms with Crippen LogP contribution < -0.4 is 5.43 Å². The van der Waals surface area contributed by atoms with Crippen molar-refractivity contribution in [2.24, 2.45) is 0 Å². The van der Waals surface area contributed by atoms with Gasteiger partial charge in [-0.3, -0.25) is 9.78 Å². The van der Waals surface area contributed by atoms with E-state index < -0.39 is 0 Å². The van der Waals surface area contributed by atoms with E-state index in [1.807, 2.05) is 37.3 Å². The van der Waals surface area contributed by atoms with Crippen molar-refractivity contribution < 1.29 is 4.42 Å². The molecule has 0 spiro atoms. The number of nitrogens with zero attached hydrogens (tertiary/aromatic N) is 5. The fourth-order valence-electron chi connectivity index (χ4n) is 3.61. The van der Waals surface area contributed by atoms with E-state index in [1.54, 1.807) is 18.6 Å². The van der Waals surface area contributed by atoms with Gasteiger partial charge < -0.3 is 9.40 Å². The monoisotopic (exact) mass is 438 g/mol. The molecule has 0 bridgehead atoms. The molecule has 9 heteroatoms. The molecule has 0 amide bonds. The fourth-order valence-corrected chi connectivity index (χ4v) is 4.38. The summed E-state index contributed by atoms with van der Waals surface area (Å²) in [5.41, 5.74) is 3.57. The molecular weight excluding hydrogens is 424 g/mol. The van der Waals surface area contributed by atoms with Crippen molar-refractivity contribution in [1.82, 2.24) is 29.9 Å². The molecule has 1 aromatic carbocycles. The second-order valence-electron chi connectivity index (χ2n) is 7.14. The molecule has 154 valence electrons. The number of pyridine rings is 2. The van der Waals surface area contributed by atoms with E-state index in [1.165, 1.54) is 23.8 Å². The van der Waals surface area contributed by atoms with Crippen molar-refractivity contribution in [3.8, 4) is 33.3 Å². The van der Waals surface area contributed by atoms with Gasteiger partial charge in [0.15, 0.2) is 11.2 Å². The number of aryl methyl sites for hydroxylation is 1. The highest BCUT2D eigenvalue weighted by atomic mass is 32.1. The highest BCUT2D eigenvalue weighted by Gasteiger charge is 2.19. The summed E-state index contributed by atoms with van der Waals surface area (Å²) in [4.78, 5) is 39.6. The van der Waals surface area contributed by atoms with Crippen molar-refractivity contribution in [1.29, 1.82) is 0 Å². The third kappa shape index (κ3) is 2.98. The normalized spacial score (nSPS) is 11.4. The summed E-state index contributed by atoms with van der Waals surface area (Å²) in [6, 6.07) is 9.76. The molecule has 0 fully saturated rings. The summed E-state index contributed by atoms with van der Waals surface area (Å²) in [6.07, 6.45) is 8.01. The van der Waals surface area contributed by atoms with Gasteiger partial charge in [0.25, 0.3) is 0 Å². The van der Waals surface area contributed by atoms with E-state index in [0.29, 0.717) is 22.6 Å². The lowest BCUT2D eigenvalue weighted by atomic mass is 10.1. The van der Waals surface area contributed by atoms with E-state index in [0.717, 1.165) is 26.4 Å². The molecule has 0 aliphatic carbocycles. The molecule has 0 atom stereocenters. The van der Waals surface area contributed by atoms with Crippen molar-refractivity contribution in [2.45, 2.75) is 6.92 Å². The topological polar surface area (TPSA) is 110 Å². The molecule has 5 aromatic heterocycles. The van der Waals surface area contributed by atoms with Crippen LogP contribution >= 0.6 is 11.3 Å². The molecular formula is C23H14N6O2S. The van der Waals surface area contributed by atoms with E-state index in [4.69, 9.17) is 14.4 Å². The zero-order valence-corrected chi connectivity index (χ0v) is 17.6. The number of benzene rings is 1. The van der Waals surface area contributed by atoms with Gasteiger partial charge in [0.1, 0.15) is 17.5 Å². The molecule has 0 aliphatic rings. The Morgan fingerprint density at radius 3 is 2.78 bits per heavy atom. The second kappa shape index (κ2) is 7.17. The van der Waals surface area contributed by atoms with Crippen LogP contribution in [0.2, 0.25) is 0 Å². The van der Waals surface area contributed by atoms with Crippen LogP contribution in [0.4, 0.5) is 0 Å². The van der Waals surface area contributed by atoms with Gasteiger partial charge in [-0.05, 0) is 25.1 Å². The van der Waals surface area contributed by atoms with Crippen molar-refractivity contribution >= 4 is 33.4 Å². The van der Waals surface area contributed by atoms with E-state index in [2.05, 4.69) is 19.9 Å². The van der Waals surface area contributed by atoms with Gasteiger partial charge in [-0.1, -0.05) is 12.1 Å². The van der Waals surface area contributed by atoms with Crippen LogP contribution in [0.1, 0.15) is 5.01 Å². The number of aromatic amines is 1. The highest BCUT2D eigenvalue weighted by Crippen LogP contribution is 2.34. The zero-order valence-electron chi connectivity index (χ0n) is 16.7. The molecule has 8 nitrogen and oxygen atoms in total. The Labute approximate surface area is 184 Å². The van der Waals surface area contributed by atoms with Gasteiger partial charge in [-0.15, -0.1) is 11.3 Å². The summed E-state index contributed by atoms with van der Waals surface area (Å²) in [6.45, 7) is 1.94. The zero-order chi connectivity index (χ0) is 21.7. The number of oxazole rings is 1. The predicted octanol–water partition coefficient (Wildman–Crippen LogP) is 4.62. The number of nitrogens with one attached hydrogen (secondary N) is 1. The number of rotatable bonds is 3. The van der Waals surface area contributed by atoms with Crippen LogP contribution in [0, 0.1) is 6.92 Å². The maximum absolute atomic E-state index is 13.2. The minimum absolute atomic E-state index is 0.215. The molecule has 0 unspecified atom stereocenters. The first-order chi connectivity index (χ1) is 15.7. The summed E-state index contributed by atoms with van der Waals surface area (Å²) in [5.74, 6) is 0.232. The molecule has 0 radical (unpaired) electrons. The SMILES string of the molecule is Cc1ncc(-c2nc3[nH]cc(-c4ncco4)c(=O)c3nc2-c2ccc3ncccc3c2)s1. The fraction of sp³-hybridized carbons (Fsp3) is 0.0435. The number of aromatic nitrogens is 6. The lowest BCUT2D eigenvalue weighted by Gasteiger charge is -2.10. The molecule has 0 saturated heterocycles. The van der Waals surface area contributed by atoms with E-state index in [9.17, 15) is 4.79 Å². The Bertz CT molecular complexity index is 1670. The van der Waals surface area contributed by atoms with Crippen molar-refractivity contribution in [2.75, 3.05) is 0 Å². The first kappa shape index (κ1) is 18.5. The number of thiazole rings is 1. The summed E-state index contributed by atoms with van der Waals surface area (Å²) in [5, 5.41) is 1.89. The maximum atomic E-state index is 13.2. The highest BCUT2D eigenvalue weighted by molar-refractivity contribution is 7.15. The predicted molar refractivity (Wildman–Crippen MR) is 122 cm³/mol. The third-order valence-electron chi connectivity index (χ3n) is 5.10. The van der Waals surface area contributed by atoms with Gasteiger partial charge >= 0.3 is 0 Å². The molecule has 1 N–H and O–H groups in total. The van der Waals surface area contributed by atoms with Crippen molar-refractivity contribution in [3.63, 3.8) is 0 Å². The quantitative estimate of drug-likeness (QED) is 0.429. The van der Waals surface area contributed by atoms with Crippen LogP contribution in [0.3, 0.4) is 0 Å². The maximum Gasteiger partial charge on any atom is 0.231 e. The van der Waals surface area contributed by atoms with Gasteiger partial charge in [0.05, 0.1) is 27.3 Å². The van der Waals surface area contributed by atoms with Crippen LogP contribution in [-0.2, 0) is 0 Å². The Morgan fingerprint density at radius 2 is 1.97 bits per heavy atom. The Morgan fingerprint density at radius 1 is 1.03 bits per heavy atom. The Hall–Kier alpha value is -4.24. The molecule has 0 aliphatic heterocycles. The van der Waals surface area contributed by atoms with Gasteiger partial charge in [0.2, 0.25) is 11.3 Å². The Balaban J connectivity index is 1.66. The second-order valence-corrected chi connectivity index (χ2v) is 8.38. The van der Waals surface area contributed by atoms with Crippen molar-refractivity contribution in [3.05, 3.63) is 76.6 Å². The summed E-state index contributed by atoms with van der Waals surface area (Å²) < 4.78 is 5.32.